The summed E-state index contributed by atoms with van der Waals surface area (Å²) in [7, 11) is 0. The summed E-state index contributed by atoms with van der Waals surface area (Å²) >= 11 is 0. The molecule has 0 spiro atoms. The van der Waals surface area contributed by atoms with Gasteiger partial charge in [0.2, 0.25) is 5.91 Å². The second-order valence-electron chi connectivity index (χ2n) is 2.45. The lowest BCUT2D eigenvalue weighted by molar-refractivity contribution is -0.123. The molecule has 0 saturated heterocycles. The molecule has 0 aliphatic carbocycles. The zero-order valence-corrected chi connectivity index (χ0v) is 6.40. The lowest BCUT2D eigenvalue weighted by Crippen LogP contribution is -2.28. The first-order valence-corrected chi connectivity index (χ1v) is 3.46. The van der Waals surface area contributed by atoms with Gasteiger partial charge in [-0.1, -0.05) is 20.8 Å². The average Bonchev–Trinajstić information content (AvgIpc) is 1.82. The summed E-state index contributed by atoms with van der Waals surface area (Å²) in [5.74, 6) is 0.272. The topological polar surface area (TPSA) is 29.1 Å². The van der Waals surface area contributed by atoms with E-state index >= 15 is 0 Å². The molecular formula is C7H15NO. The van der Waals surface area contributed by atoms with Crippen LogP contribution in [0.5, 0.6) is 0 Å². The fraction of sp³-hybridized carbons (Fsp3) is 0.857. The lowest BCUT2D eigenvalue weighted by Gasteiger charge is -2.04. The molecule has 0 bridgehead atoms. The monoisotopic (exact) mass is 129 g/mol. The quantitative estimate of drug-likeness (QED) is 0.609. The normalized spacial score (nSPS) is 9.78. The van der Waals surface area contributed by atoms with Crippen LogP contribution in [0.3, 0.4) is 0 Å². The van der Waals surface area contributed by atoms with Crippen molar-refractivity contribution in [3.05, 3.63) is 0 Å². The number of carbonyl (C=O) groups is 1. The van der Waals surface area contributed by atoms with Gasteiger partial charge in [-0.05, 0) is 6.42 Å². The van der Waals surface area contributed by atoms with Gasteiger partial charge < -0.3 is 5.32 Å². The summed E-state index contributed by atoms with van der Waals surface area (Å²) in [5, 5.41) is 2.79. The van der Waals surface area contributed by atoms with Crippen LogP contribution in [-0.4, -0.2) is 12.5 Å². The molecule has 0 unspecified atom stereocenters. The van der Waals surface area contributed by atoms with Crippen LogP contribution in [0, 0.1) is 5.92 Å². The van der Waals surface area contributed by atoms with E-state index < -0.39 is 0 Å². The van der Waals surface area contributed by atoms with Crippen molar-refractivity contribution in [2.24, 2.45) is 5.92 Å². The fourth-order valence-electron chi connectivity index (χ4n) is 0.452. The molecule has 0 aliphatic rings. The van der Waals surface area contributed by atoms with Gasteiger partial charge in [0.15, 0.2) is 0 Å². The first-order valence-electron chi connectivity index (χ1n) is 3.46. The molecule has 2 nitrogen and oxygen atoms in total. The van der Waals surface area contributed by atoms with Crippen LogP contribution < -0.4 is 5.32 Å². The molecule has 0 heterocycles. The first-order chi connectivity index (χ1) is 4.18. The van der Waals surface area contributed by atoms with Gasteiger partial charge in [-0.3, -0.25) is 4.79 Å². The zero-order valence-electron chi connectivity index (χ0n) is 6.40. The standard InChI is InChI=1S/C7H15NO/c1-4-5-8-7(9)6(2)3/h6H,4-5H2,1-3H3,(H,8,9). The molecule has 0 aromatic rings. The van der Waals surface area contributed by atoms with Crippen molar-refractivity contribution < 1.29 is 4.79 Å². The number of nitrogens with one attached hydrogen (secondary N) is 1. The Labute approximate surface area is 56.6 Å². The molecule has 0 fully saturated rings. The SMILES string of the molecule is CCCNC(=O)C(C)C. The molecule has 54 valence electrons. The maximum atomic E-state index is 10.8. The van der Waals surface area contributed by atoms with Crippen molar-refractivity contribution in [3.63, 3.8) is 0 Å². The maximum Gasteiger partial charge on any atom is 0.222 e. The molecule has 0 saturated carbocycles. The van der Waals surface area contributed by atoms with Crippen molar-refractivity contribution in [1.82, 2.24) is 5.32 Å². The van der Waals surface area contributed by atoms with Crippen molar-refractivity contribution in [2.75, 3.05) is 6.54 Å². The summed E-state index contributed by atoms with van der Waals surface area (Å²) in [6.07, 6.45) is 1.01. The Balaban J connectivity index is 3.28. The van der Waals surface area contributed by atoms with E-state index in [2.05, 4.69) is 5.32 Å². The molecule has 0 rings (SSSR count). The van der Waals surface area contributed by atoms with Gasteiger partial charge in [-0.2, -0.15) is 0 Å². The van der Waals surface area contributed by atoms with E-state index in [1.165, 1.54) is 0 Å². The van der Waals surface area contributed by atoms with Gasteiger partial charge in [-0.15, -0.1) is 0 Å². The number of amides is 1. The Kier molecular flexibility index (Phi) is 4.10. The number of hydrogen-bond donors (Lipinski definition) is 1. The van der Waals surface area contributed by atoms with Gasteiger partial charge in [0.05, 0.1) is 0 Å². The summed E-state index contributed by atoms with van der Waals surface area (Å²) < 4.78 is 0. The number of hydrogen-bond acceptors (Lipinski definition) is 1. The third-order valence-electron chi connectivity index (χ3n) is 1.07. The highest BCUT2D eigenvalue weighted by Crippen LogP contribution is 1.89. The van der Waals surface area contributed by atoms with Crippen molar-refractivity contribution in [2.45, 2.75) is 27.2 Å². The Hall–Kier alpha value is -0.530. The van der Waals surface area contributed by atoms with Crippen LogP contribution in [0.1, 0.15) is 27.2 Å². The molecule has 0 aromatic carbocycles. The third kappa shape index (κ3) is 4.01. The van der Waals surface area contributed by atoms with Gasteiger partial charge >= 0.3 is 0 Å². The van der Waals surface area contributed by atoms with E-state index in [1.807, 2.05) is 20.8 Å². The van der Waals surface area contributed by atoms with Gasteiger partial charge in [0.25, 0.3) is 0 Å². The van der Waals surface area contributed by atoms with Gasteiger partial charge in [-0.25, -0.2) is 0 Å². The Morgan fingerprint density at radius 3 is 2.44 bits per heavy atom. The van der Waals surface area contributed by atoms with Gasteiger partial charge in [0, 0.05) is 12.5 Å². The summed E-state index contributed by atoms with van der Waals surface area (Å²) in [6.45, 7) is 6.63. The van der Waals surface area contributed by atoms with E-state index in [1.54, 1.807) is 0 Å². The Morgan fingerprint density at radius 1 is 1.56 bits per heavy atom. The van der Waals surface area contributed by atoms with Gasteiger partial charge in [0.1, 0.15) is 0 Å². The molecule has 9 heavy (non-hydrogen) atoms. The largest absolute Gasteiger partial charge is 0.356 e. The predicted octanol–water partition coefficient (Wildman–Crippen LogP) is 1.17. The van der Waals surface area contributed by atoms with Crippen molar-refractivity contribution >= 4 is 5.91 Å². The Morgan fingerprint density at radius 2 is 2.11 bits per heavy atom. The molecule has 2 heteroatoms. The fourth-order valence-corrected chi connectivity index (χ4v) is 0.452. The highest BCUT2D eigenvalue weighted by Gasteiger charge is 2.03. The molecule has 0 aromatic heterocycles. The smallest absolute Gasteiger partial charge is 0.222 e. The highest BCUT2D eigenvalue weighted by atomic mass is 16.1. The van der Waals surface area contributed by atoms with E-state index in [0.717, 1.165) is 13.0 Å². The van der Waals surface area contributed by atoms with E-state index in [-0.39, 0.29) is 11.8 Å². The van der Waals surface area contributed by atoms with E-state index in [9.17, 15) is 4.79 Å². The summed E-state index contributed by atoms with van der Waals surface area (Å²) in [4.78, 5) is 10.8. The molecule has 0 atom stereocenters. The number of rotatable bonds is 3. The molecular weight excluding hydrogens is 114 g/mol. The van der Waals surface area contributed by atoms with Crippen molar-refractivity contribution in [3.8, 4) is 0 Å². The predicted molar refractivity (Wildman–Crippen MR) is 38.1 cm³/mol. The zero-order chi connectivity index (χ0) is 7.28. The van der Waals surface area contributed by atoms with E-state index in [4.69, 9.17) is 0 Å². The summed E-state index contributed by atoms with van der Waals surface area (Å²) in [6, 6.07) is 0. The summed E-state index contributed by atoms with van der Waals surface area (Å²) in [5.41, 5.74) is 0. The van der Waals surface area contributed by atoms with Crippen LogP contribution in [-0.2, 0) is 4.79 Å². The number of carbonyl (C=O) groups excluding carboxylic acids is 1. The maximum absolute atomic E-state index is 10.8. The average molecular weight is 129 g/mol. The van der Waals surface area contributed by atoms with Crippen LogP contribution in [0.2, 0.25) is 0 Å². The Bertz CT molecular complexity index is 88.9. The highest BCUT2D eigenvalue weighted by molar-refractivity contribution is 5.77. The minimum Gasteiger partial charge on any atom is -0.356 e. The van der Waals surface area contributed by atoms with Crippen LogP contribution >= 0.6 is 0 Å². The van der Waals surface area contributed by atoms with E-state index in [0.29, 0.717) is 0 Å². The minimum atomic E-state index is 0.122. The molecule has 1 amide bonds. The van der Waals surface area contributed by atoms with Crippen molar-refractivity contribution in [1.29, 1.82) is 0 Å². The van der Waals surface area contributed by atoms with Crippen LogP contribution in [0.15, 0.2) is 0 Å². The first kappa shape index (κ1) is 8.47. The molecule has 1 N–H and O–H groups in total. The minimum absolute atomic E-state index is 0.122. The van der Waals surface area contributed by atoms with Crippen LogP contribution in [0.25, 0.3) is 0 Å². The van der Waals surface area contributed by atoms with Crippen LogP contribution in [0.4, 0.5) is 0 Å². The molecule has 0 aliphatic heterocycles. The third-order valence-corrected chi connectivity index (χ3v) is 1.07. The molecule has 0 radical (unpaired) electrons. The second-order valence-corrected chi connectivity index (χ2v) is 2.45. The lowest BCUT2D eigenvalue weighted by atomic mass is 10.2. The second kappa shape index (κ2) is 4.36.